The summed E-state index contributed by atoms with van der Waals surface area (Å²) in [5.41, 5.74) is 1.50. The van der Waals surface area contributed by atoms with Crippen LogP contribution in [0.1, 0.15) is 29.0 Å². The van der Waals surface area contributed by atoms with Crippen LogP contribution in [-0.2, 0) is 0 Å². The van der Waals surface area contributed by atoms with Gasteiger partial charge < -0.3 is 10.3 Å². The Hall–Kier alpha value is -2.33. The van der Waals surface area contributed by atoms with Crippen LogP contribution in [-0.4, -0.2) is 10.9 Å². The first kappa shape index (κ1) is 14.6. The van der Waals surface area contributed by atoms with Crippen molar-refractivity contribution in [2.24, 2.45) is 0 Å². The van der Waals surface area contributed by atoms with Gasteiger partial charge >= 0.3 is 0 Å². The van der Waals surface area contributed by atoms with Gasteiger partial charge in [-0.3, -0.25) is 4.79 Å². The molecule has 0 fully saturated rings. The predicted molar refractivity (Wildman–Crippen MR) is 85.6 cm³/mol. The van der Waals surface area contributed by atoms with E-state index in [1.165, 1.54) is 6.07 Å². The molecule has 0 saturated carbocycles. The summed E-state index contributed by atoms with van der Waals surface area (Å²) < 4.78 is 13.8. The number of hydrogen-bond donors (Lipinski definition) is 2. The summed E-state index contributed by atoms with van der Waals surface area (Å²) in [7, 11) is 0. The standard InChI is InChI=1S/C17H14ClFN2O/c1-10(11-6-2-4-8-13(11)19)20-17(22)16-15(18)12-7-3-5-9-14(12)21-16/h2-10,21H,1H3,(H,20,22)/t10-/m0/s1. The van der Waals surface area contributed by atoms with E-state index in [0.717, 1.165) is 10.9 Å². The summed E-state index contributed by atoms with van der Waals surface area (Å²) in [6.07, 6.45) is 0. The van der Waals surface area contributed by atoms with Gasteiger partial charge in [-0.2, -0.15) is 0 Å². The van der Waals surface area contributed by atoms with Gasteiger partial charge in [0.05, 0.1) is 11.1 Å². The number of fused-ring (bicyclic) bond motifs is 1. The van der Waals surface area contributed by atoms with Gasteiger partial charge in [0.1, 0.15) is 11.5 Å². The van der Waals surface area contributed by atoms with Gasteiger partial charge in [-0.1, -0.05) is 48.0 Å². The molecule has 1 atom stereocenters. The van der Waals surface area contributed by atoms with Gasteiger partial charge in [0.25, 0.3) is 5.91 Å². The highest BCUT2D eigenvalue weighted by molar-refractivity contribution is 6.38. The second-order valence-corrected chi connectivity index (χ2v) is 5.45. The molecule has 3 aromatic rings. The van der Waals surface area contributed by atoms with Gasteiger partial charge in [-0.05, 0) is 19.1 Å². The molecule has 0 bridgehead atoms. The summed E-state index contributed by atoms with van der Waals surface area (Å²) in [5, 5.41) is 3.91. The fourth-order valence-corrected chi connectivity index (χ4v) is 2.73. The molecule has 2 N–H and O–H groups in total. The summed E-state index contributed by atoms with van der Waals surface area (Å²) in [5.74, 6) is -0.713. The molecule has 0 radical (unpaired) electrons. The minimum absolute atomic E-state index is 0.283. The van der Waals surface area contributed by atoms with Gasteiger partial charge in [0.2, 0.25) is 0 Å². The fourth-order valence-electron chi connectivity index (χ4n) is 2.44. The third-order valence-electron chi connectivity index (χ3n) is 3.59. The molecule has 22 heavy (non-hydrogen) atoms. The maximum absolute atomic E-state index is 13.8. The monoisotopic (exact) mass is 316 g/mol. The summed E-state index contributed by atoms with van der Waals surface area (Å²) >= 11 is 6.25. The Morgan fingerprint density at radius 1 is 1.18 bits per heavy atom. The SMILES string of the molecule is C[C@H](NC(=O)c1[nH]c2ccccc2c1Cl)c1ccccc1F. The zero-order chi connectivity index (χ0) is 15.7. The second-order valence-electron chi connectivity index (χ2n) is 5.08. The smallest absolute Gasteiger partial charge is 0.269 e. The normalized spacial score (nSPS) is 12.3. The lowest BCUT2D eigenvalue weighted by Gasteiger charge is -2.14. The number of aromatic nitrogens is 1. The molecule has 112 valence electrons. The zero-order valence-corrected chi connectivity index (χ0v) is 12.6. The van der Waals surface area contributed by atoms with Crippen molar-refractivity contribution >= 4 is 28.4 Å². The lowest BCUT2D eigenvalue weighted by atomic mass is 10.1. The van der Waals surface area contributed by atoms with Crippen molar-refractivity contribution in [1.82, 2.24) is 10.3 Å². The summed E-state index contributed by atoms with van der Waals surface area (Å²) in [6.45, 7) is 1.73. The van der Waals surface area contributed by atoms with E-state index in [1.807, 2.05) is 24.3 Å². The first-order valence-electron chi connectivity index (χ1n) is 6.89. The number of carbonyl (C=O) groups excluding carboxylic acids is 1. The number of hydrogen-bond acceptors (Lipinski definition) is 1. The fraction of sp³-hybridized carbons (Fsp3) is 0.118. The first-order chi connectivity index (χ1) is 10.6. The van der Waals surface area contributed by atoms with Crippen molar-refractivity contribution in [3.05, 3.63) is 70.6 Å². The molecule has 0 spiro atoms. The molecule has 1 amide bonds. The molecular formula is C17H14ClFN2O. The number of carbonyl (C=O) groups is 1. The number of aromatic amines is 1. The maximum Gasteiger partial charge on any atom is 0.269 e. The highest BCUT2D eigenvalue weighted by Gasteiger charge is 2.19. The van der Waals surface area contributed by atoms with Gasteiger partial charge in [0, 0.05) is 16.5 Å². The minimum atomic E-state index is -0.462. The van der Waals surface area contributed by atoms with Crippen LogP contribution in [0.2, 0.25) is 5.02 Å². The topological polar surface area (TPSA) is 44.9 Å². The molecule has 1 aromatic heterocycles. The molecule has 2 aromatic carbocycles. The Labute approximate surface area is 132 Å². The van der Waals surface area contributed by atoms with Crippen LogP contribution in [0.25, 0.3) is 10.9 Å². The lowest BCUT2D eigenvalue weighted by Crippen LogP contribution is -2.27. The van der Waals surface area contributed by atoms with E-state index in [0.29, 0.717) is 10.6 Å². The van der Waals surface area contributed by atoms with E-state index >= 15 is 0 Å². The minimum Gasteiger partial charge on any atom is -0.349 e. The van der Waals surface area contributed by atoms with Crippen molar-refractivity contribution in [3.63, 3.8) is 0 Å². The van der Waals surface area contributed by atoms with E-state index < -0.39 is 6.04 Å². The first-order valence-corrected chi connectivity index (χ1v) is 7.27. The van der Waals surface area contributed by atoms with E-state index in [4.69, 9.17) is 11.6 Å². The Balaban J connectivity index is 1.87. The van der Waals surface area contributed by atoms with Crippen LogP contribution in [0.4, 0.5) is 4.39 Å². The number of halogens is 2. The number of amides is 1. The average Bonchev–Trinajstić information content (AvgIpc) is 2.85. The summed E-state index contributed by atoms with van der Waals surface area (Å²) in [6, 6.07) is 13.3. The van der Waals surface area contributed by atoms with Crippen molar-refractivity contribution in [1.29, 1.82) is 0 Å². The van der Waals surface area contributed by atoms with Crippen LogP contribution in [0.5, 0.6) is 0 Å². The highest BCUT2D eigenvalue weighted by atomic mass is 35.5. The van der Waals surface area contributed by atoms with Crippen molar-refractivity contribution in [3.8, 4) is 0 Å². The number of nitrogens with one attached hydrogen (secondary N) is 2. The third-order valence-corrected chi connectivity index (χ3v) is 3.98. The van der Waals surface area contributed by atoms with E-state index in [9.17, 15) is 9.18 Å². The third kappa shape index (κ3) is 2.57. The lowest BCUT2D eigenvalue weighted by molar-refractivity contribution is 0.0935. The van der Waals surface area contributed by atoms with E-state index in [2.05, 4.69) is 10.3 Å². The largest absolute Gasteiger partial charge is 0.349 e. The van der Waals surface area contributed by atoms with Crippen molar-refractivity contribution < 1.29 is 9.18 Å². The van der Waals surface area contributed by atoms with Crippen LogP contribution < -0.4 is 5.32 Å². The Morgan fingerprint density at radius 2 is 1.86 bits per heavy atom. The van der Waals surface area contributed by atoms with Gasteiger partial charge in [-0.15, -0.1) is 0 Å². The molecule has 0 aliphatic rings. The van der Waals surface area contributed by atoms with Crippen molar-refractivity contribution in [2.45, 2.75) is 13.0 Å². The molecule has 0 saturated heterocycles. The molecular weight excluding hydrogens is 303 g/mol. The molecule has 3 nitrogen and oxygen atoms in total. The maximum atomic E-state index is 13.8. The predicted octanol–water partition coefficient (Wildman–Crippen LogP) is 4.45. The van der Waals surface area contributed by atoms with Gasteiger partial charge in [-0.25, -0.2) is 4.39 Å². The molecule has 3 rings (SSSR count). The highest BCUT2D eigenvalue weighted by Crippen LogP contribution is 2.27. The summed E-state index contributed by atoms with van der Waals surface area (Å²) in [4.78, 5) is 15.4. The van der Waals surface area contributed by atoms with Crippen LogP contribution >= 0.6 is 11.6 Å². The Morgan fingerprint density at radius 3 is 2.59 bits per heavy atom. The van der Waals surface area contributed by atoms with Crippen molar-refractivity contribution in [2.75, 3.05) is 0 Å². The van der Waals surface area contributed by atoms with Crippen LogP contribution in [0.3, 0.4) is 0 Å². The van der Waals surface area contributed by atoms with E-state index in [-0.39, 0.29) is 17.4 Å². The average molecular weight is 317 g/mol. The Bertz CT molecular complexity index is 844. The number of para-hydroxylation sites is 1. The van der Waals surface area contributed by atoms with Crippen LogP contribution in [0.15, 0.2) is 48.5 Å². The molecule has 0 unspecified atom stereocenters. The number of H-pyrrole nitrogens is 1. The quantitative estimate of drug-likeness (QED) is 0.736. The second kappa shape index (κ2) is 5.81. The van der Waals surface area contributed by atoms with Crippen LogP contribution in [0, 0.1) is 5.82 Å². The molecule has 5 heteroatoms. The molecule has 0 aliphatic carbocycles. The van der Waals surface area contributed by atoms with Gasteiger partial charge in [0.15, 0.2) is 0 Å². The number of rotatable bonds is 3. The molecule has 0 aliphatic heterocycles. The molecule has 1 heterocycles. The zero-order valence-electron chi connectivity index (χ0n) is 11.9. The Kier molecular flexibility index (Phi) is 3.86. The van der Waals surface area contributed by atoms with E-state index in [1.54, 1.807) is 25.1 Å². The number of benzene rings is 2.